The molecule has 0 spiro atoms. The van der Waals surface area contributed by atoms with Crippen LogP contribution in [-0.2, 0) is 9.59 Å². The zero-order valence-corrected chi connectivity index (χ0v) is 12.9. The van der Waals surface area contributed by atoms with Crippen molar-refractivity contribution in [2.75, 3.05) is 0 Å². The van der Waals surface area contributed by atoms with Gasteiger partial charge in [0.05, 0.1) is 0 Å². The van der Waals surface area contributed by atoms with Gasteiger partial charge in [-0.25, -0.2) is 0 Å². The van der Waals surface area contributed by atoms with Gasteiger partial charge in [-0.15, -0.1) is 0 Å². The second-order valence-electron chi connectivity index (χ2n) is 6.09. The van der Waals surface area contributed by atoms with E-state index in [1.165, 1.54) is 0 Å². The monoisotopic (exact) mass is 268 g/mol. The normalized spacial score (nSPS) is 25.7. The van der Waals surface area contributed by atoms with Crippen molar-refractivity contribution in [3.63, 3.8) is 0 Å². The first kappa shape index (κ1) is 16.0. The molecule has 4 heteroatoms. The van der Waals surface area contributed by atoms with E-state index in [0.29, 0.717) is 5.92 Å². The molecule has 1 fully saturated rings. The fourth-order valence-electron chi connectivity index (χ4n) is 2.65. The molecule has 0 aromatic heterocycles. The van der Waals surface area contributed by atoms with Crippen LogP contribution in [0.3, 0.4) is 0 Å². The number of nitrogens with one attached hydrogen (secondary N) is 1. The van der Waals surface area contributed by atoms with E-state index in [1.54, 1.807) is 4.90 Å². The van der Waals surface area contributed by atoms with Crippen LogP contribution in [0.15, 0.2) is 0 Å². The number of nitrogens with zero attached hydrogens (tertiary/aromatic N) is 1. The minimum Gasteiger partial charge on any atom is -0.343 e. The van der Waals surface area contributed by atoms with Crippen molar-refractivity contribution in [1.82, 2.24) is 10.2 Å². The topological polar surface area (TPSA) is 49.4 Å². The molecular weight excluding hydrogens is 240 g/mol. The maximum Gasteiger partial charge on any atom is 0.246 e. The van der Waals surface area contributed by atoms with Gasteiger partial charge >= 0.3 is 0 Å². The Kier molecular flexibility index (Phi) is 5.83. The van der Waals surface area contributed by atoms with Crippen LogP contribution in [0.4, 0.5) is 0 Å². The van der Waals surface area contributed by atoms with Gasteiger partial charge in [0.2, 0.25) is 11.8 Å². The highest BCUT2D eigenvalue weighted by Crippen LogP contribution is 2.20. The van der Waals surface area contributed by atoms with E-state index in [-0.39, 0.29) is 29.9 Å². The van der Waals surface area contributed by atoms with Crippen molar-refractivity contribution < 1.29 is 9.59 Å². The van der Waals surface area contributed by atoms with Crippen LogP contribution in [0, 0.1) is 5.92 Å². The van der Waals surface area contributed by atoms with Gasteiger partial charge in [0.1, 0.15) is 12.1 Å². The summed E-state index contributed by atoms with van der Waals surface area (Å²) in [7, 11) is 0. The maximum atomic E-state index is 12.5. The summed E-state index contributed by atoms with van der Waals surface area (Å²) < 4.78 is 0. The van der Waals surface area contributed by atoms with Crippen molar-refractivity contribution in [2.24, 2.45) is 5.92 Å². The van der Waals surface area contributed by atoms with Gasteiger partial charge in [-0.3, -0.25) is 9.59 Å². The summed E-state index contributed by atoms with van der Waals surface area (Å²) in [5, 5.41) is 2.84. The summed E-state index contributed by atoms with van der Waals surface area (Å²) in [6.45, 7) is 10.3. The van der Waals surface area contributed by atoms with E-state index in [1.807, 2.05) is 13.8 Å². The Morgan fingerprint density at radius 2 is 1.84 bits per heavy atom. The fraction of sp³-hybridized carbons (Fsp3) is 0.867. The first-order valence-electron chi connectivity index (χ1n) is 7.51. The molecule has 1 aliphatic rings. The molecule has 0 saturated carbocycles. The van der Waals surface area contributed by atoms with E-state index in [2.05, 4.69) is 26.1 Å². The van der Waals surface area contributed by atoms with E-state index >= 15 is 0 Å². The van der Waals surface area contributed by atoms with Crippen LogP contribution in [0.2, 0.25) is 0 Å². The lowest BCUT2D eigenvalue weighted by molar-refractivity contribution is -0.151. The fourth-order valence-corrected chi connectivity index (χ4v) is 2.65. The first-order chi connectivity index (χ1) is 8.88. The average molecular weight is 268 g/mol. The molecule has 0 bridgehead atoms. The molecule has 1 aliphatic heterocycles. The van der Waals surface area contributed by atoms with Gasteiger partial charge in [0.15, 0.2) is 0 Å². The minimum absolute atomic E-state index is 0.0190. The molecule has 2 amide bonds. The standard InChI is InChI=1S/C15H28N2O2/c1-6-7-13-15(19)17(12(5)14(18)16-13)11(4)9-8-10(2)3/h10-13H,6-9H2,1-5H3,(H,16,18). The van der Waals surface area contributed by atoms with Gasteiger partial charge in [-0.1, -0.05) is 27.2 Å². The summed E-state index contributed by atoms with van der Waals surface area (Å²) >= 11 is 0. The smallest absolute Gasteiger partial charge is 0.246 e. The molecule has 19 heavy (non-hydrogen) atoms. The van der Waals surface area contributed by atoms with Crippen molar-refractivity contribution in [3.8, 4) is 0 Å². The van der Waals surface area contributed by atoms with Gasteiger partial charge < -0.3 is 10.2 Å². The second-order valence-corrected chi connectivity index (χ2v) is 6.09. The third-order valence-corrected chi connectivity index (χ3v) is 3.88. The summed E-state index contributed by atoms with van der Waals surface area (Å²) in [4.78, 5) is 26.2. The molecule has 3 unspecified atom stereocenters. The van der Waals surface area contributed by atoms with Crippen molar-refractivity contribution in [2.45, 2.75) is 78.4 Å². The number of carbonyl (C=O) groups excluding carboxylic acids is 2. The van der Waals surface area contributed by atoms with E-state index in [0.717, 1.165) is 25.7 Å². The maximum absolute atomic E-state index is 12.5. The molecular formula is C15H28N2O2. The highest BCUT2D eigenvalue weighted by molar-refractivity contribution is 5.96. The molecule has 1 heterocycles. The summed E-state index contributed by atoms with van der Waals surface area (Å²) in [6, 6.07) is -0.534. The van der Waals surface area contributed by atoms with Crippen LogP contribution in [0.5, 0.6) is 0 Å². The van der Waals surface area contributed by atoms with Gasteiger partial charge in [-0.2, -0.15) is 0 Å². The second kappa shape index (κ2) is 6.92. The zero-order valence-electron chi connectivity index (χ0n) is 12.9. The van der Waals surface area contributed by atoms with Gasteiger partial charge in [0.25, 0.3) is 0 Å². The Labute approximate surface area is 116 Å². The van der Waals surface area contributed by atoms with Crippen LogP contribution < -0.4 is 5.32 Å². The van der Waals surface area contributed by atoms with E-state index in [4.69, 9.17) is 0 Å². The van der Waals surface area contributed by atoms with Crippen molar-refractivity contribution in [3.05, 3.63) is 0 Å². The van der Waals surface area contributed by atoms with Crippen LogP contribution in [0.25, 0.3) is 0 Å². The predicted octanol–water partition coefficient (Wildman–Crippen LogP) is 2.33. The quantitative estimate of drug-likeness (QED) is 0.803. The number of hydrogen-bond acceptors (Lipinski definition) is 2. The minimum atomic E-state index is -0.345. The largest absolute Gasteiger partial charge is 0.343 e. The number of piperazine rings is 1. The lowest BCUT2D eigenvalue weighted by Crippen LogP contribution is -2.64. The number of carbonyl (C=O) groups is 2. The SMILES string of the molecule is CCCC1NC(=O)C(C)N(C(C)CCC(C)C)C1=O. The third kappa shape index (κ3) is 3.95. The Balaban J connectivity index is 2.76. The molecule has 1 N–H and O–H groups in total. The molecule has 110 valence electrons. The summed E-state index contributed by atoms with van der Waals surface area (Å²) in [5.41, 5.74) is 0. The third-order valence-electron chi connectivity index (χ3n) is 3.88. The molecule has 0 radical (unpaired) electrons. The molecule has 1 saturated heterocycles. The number of amides is 2. The highest BCUT2D eigenvalue weighted by Gasteiger charge is 2.39. The highest BCUT2D eigenvalue weighted by atomic mass is 16.2. The van der Waals surface area contributed by atoms with Gasteiger partial charge in [-0.05, 0) is 39.0 Å². The van der Waals surface area contributed by atoms with Crippen molar-refractivity contribution >= 4 is 11.8 Å². The van der Waals surface area contributed by atoms with Crippen LogP contribution in [0.1, 0.15) is 60.3 Å². The van der Waals surface area contributed by atoms with Gasteiger partial charge in [0, 0.05) is 6.04 Å². The Morgan fingerprint density at radius 3 is 2.37 bits per heavy atom. The number of rotatable bonds is 6. The predicted molar refractivity (Wildman–Crippen MR) is 76.7 cm³/mol. The zero-order chi connectivity index (χ0) is 14.6. The first-order valence-corrected chi connectivity index (χ1v) is 7.51. The molecule has 1 rings (SSSR count). The lowest BCUT2D eigenvalue weighted by Gasteiger charge is -2.41. The molecule has 0 aromatic rings. The van der Waals surface area contributed by atoms with E-state index in [9.17, 15) is 9.59 Å². The Morgan fingerprint density at radius 1 is 1.21 bits per heavy atom. The van der Waals surface area contributed by atoms with E-state index < -0.39 is 0 Å². The summed E-state index contributed by atoms with van der Waals surface area (Å²) in [6.07, 6.45) is 3.67. The summed E-state index contributed by atoms with van der Waals surface area (Å²) in [5.74, 6) is 0.692. The average Bonchev–Trinajstić information content (AvgIpc) is 2.34. The molecule has 3 atom stereocenters. The van der Waals surface area contributed by atoms with Crippen LogP contribution >= 0.6 is 0 Å². The molecule has 4 nitrogen and oxygen atoms in total. The Hall–Kier alpha value is -1.06. The lowest BCUT2D eigenvalue weighted by atomic mass is 9.98. The van der Waals surface area contributed by atoms with Crippen molar-refractivity contribution in [1.29, 1.82) is 0 Å². The Bertz CT molecular complexity index is 328. The molecule has 0 aromatic carbocycles. The number of hydrogen-bond donors (Lipinski definition) is 1. The molecule has 0 aliphatic carbocycles. The van der Waals surface area contributed by atoms with Crippen LogP contribution in [-0.4, -0.2) is 34.8 Å².